The molecule has 0 radical (unpaired) electrons. The van der Waals surface area contributed by atoms with Crippen molar-refractivity contribution in [3.05, 3.63) is 0 Å². The van der Waals surface area contributed by atoms with Gasteiger partial charge in [-0.2, -0.15) is 0 Å². The van der Waals surface area contributed by atoms with Gasteiger partial charge in [-0.05, 0) is 0 Å². The van der Waals surface area contributed by atoms with Crippen molar-refractivity contribution in [1.29, 1.82) is 0 Å². The highest BCUT2D eigenvalue weighted by Crippen LogP contribution is 1.63. The van der Waals surface area contributed by atoms with Crippen LogP contribution < -0.4 is 0 Å². The minimum absolute atomic E-state index is 0.414. The maximum Gasteiger partial charge on any atom is 0.348 e. The molecule has 40 valence electrons. The van der Waals surface area contributed by atoms with Crippen LogP contribution in [-0.2, 0) is 9.53 Å². The molecular weight excluding hydrogens is 94.0 g/mol. The molecule has 0 amide bonds. The summed E-state index contributed by atoms with van der Waals surface area (Å²) >= 11 is 0. The van der Waals surface area contributed by atoms with Gasteiger partial charge in [0, 0.05) is 7.05 Å². The summed E-state index contributed by atoms with van der Waals surface area (Å²) in [5.74, 6) is -0.414. The Hall–Kier alpha value is -0.860. The topological polar surface area (TPSA) is 38.7 Å². The predicted molar refractivity (Wildman–Crippen MR) is 26.4 cm³/mol. The van der Waals surface area contributed by atoms with Crippen LogP contribution in [0.3, 0.4) is 0 Å². The van der Waals surface area contributed by atoms with Gasteiger partial charge in [-0.25, -0.2) is 4.79 Å². The van der Waals surface area contributed by atoms with Crippen molar-refractivity contribution in [3.8, 4) is 0 Å². The summed E-state index contributed by atoms with van der Waals surface area (Å²) in [6.45, 7) is 0. The highest BCUT2D eigenvalue weighted by Gasteiger charge is 1.86. The standard InChI is InChI=1S/C4H7NO2/c1-5-3-4(6)7-2/h3H,1-2H3. The molecule has 0 saturated heterocycles. The molecule has 3 nitrogen and oxygen atoms in total. The average molecular weight is 101 g/mol. The number of nitrogens with zero attached hydrogens (tertiary/aromatic N) is 1. The summed E-state index contributed by atoms with van der Waals surface area (Å²) in [7, 11) is 2.82. The van der Waals surface area contributed by atoms with E-state index in [9.17, 15) is 4.79 Å². The van der Waals surface area contributed by atoms with E-state index < -0.39 is 5.97 Å². The van der Waals surface area contributed by atoms with Crippen molar-refractivity contribution in [2.24, 2.45) is 4.99 Å². The highest BCUT2D eigenvalue weighted by molar-refractivity contribution is 6.22. The monoisotopic (exact) mass is 101 g/mol. The zero-order chi connectivity index (χ0) is 5.70. The van der Waals surface area contributed by atoms with E-state index in [2.05, 4.69) is 9.73 Å². The van der Waals surface area contributed by atoms with Gasteiger partial charge in [0.2, 0.25) is 0 Å². The molecule has 0 fully saturated rings. The van der Waals surface area contributed by atoms with Crippen LogP contribution in [0.1, 0.15) is 0 Å². The first-order chi connectivity index (χ1) is 3.31. The Kier molecular flexibility index (Phi) is 2.92. The van der Waals surface area contributed by atoms with Crippen LogP contribution in [0.4, 0.5) is 0 Å². The number of ether oxygens (including phenoxy) is 1. The molecule has 0 aromatic carbocycles. The number of hydrogen-bond acceptors (Lipinski definition) is 3. The van der Waals surface area contributed by atoms with Crippen molar-refractivity contribution >= 4 is 12.2 Å². The van der Waals surface area contributed by atoms with E-state index in [-0.39, 0.29) is 0 Å². The molecule has 0 heterocycles. The number of rotatable bonds is 1. The third-order valence-electron chi connectivity index (χ3n) is 0.436. The SMILES string of the molecule is CN=CC(=O)OC. The second-order valence-electron chi connectivity index (χ2n) is 0.910. The van der Waals surface area contributed by atoms with E-state index in [0.29, 0.717) is 0 Å². The van der Waals surface area contributed by atoms with E-state index >= 15 is 0 Å². The third-order valence-corrected chi connectivity index (χ3v) is 0.436. The summed E-state index contributed by atoms with van der Waals surface area (Å²) in [6, 6.07) is 0. The van der Waals surface area contributed by atoms with Gasteiger partial charge in [-0.1, -0.05) is 0 Å². The summed E-state index contributed by atoms with van der Waals surface area (Å²) in [5.41, 5.74) is 0. The molecule has 0 spiro atoms. The lowest BCUT2D eigenvalue weighted by molar-refractivity contribution is -0.132. The minimum Gasteiger partial charge on any atom is -0.465 e. The lowest BCUT2D eigenvalue weighted by Crippen LogP contribution is -1.99. The second kappa shape index (κ2) is 3.33. The van der Waals surface area contributed by atoms with Gasteiger partial charge in [-0.3, -0.25) is 4.99 Å². The van der Waals surface area contributed by atoms with Gasteiger partial charge < -0.3 is 4.74 Å². The first kappa shape index (κ1) is 6.14. The van der Waals surface area contributed by atoms with Crippen LogP contribution >= 0.6 is 0 Å². The second-order valence-corrected chi connectivity index (χ2v) is 0.910. The fourth-order valence-corrected chi connectivity index (χ4v) is 0.158. The van der Waals surface area contributed by atoms with Gasteiger partial charge in [0.1, 0.15) is 6.21 Å². The van der Waals surface area contributed by atoms with Crippen LogP contribution in [0.25, 0.3) is 0 Å². The molecule has 0 aliphatic carbocycles. The molecule has 0 aliphatic heterocycles. The molecule has 0 aromatic heterocycles. The van der Waals surface area contributed by atoms with Crippen molar-refractivity contribution in [3.63, 3.8) is 0 Å². The Morgan fingerprint density at radius 1 is 1.86 bits per heavy atom. The Labute approximate surface area is 42.0 Å². The molecule has 0 rings (SSSR count). The summed E-state index contributed by atoms with van der Waals surface area (Å²) in [6.07, 6.45) is 1.11. The van der Waals surface area contributed by atoms with E-state index in [1.54, 1.807) is 0 Å². The molecule has 0 unspecified atom stereocenters. The van der Waals surface area contributed by atoms with E-state index in [1.165, 1.54) is 14.2 Å². The molecule has 0 atom stereocenters. The number of carbonyl (C=O) groups is 1. The van der Waals surface area contributed by atoms with Crippen molar-refractivity contribution in [1.82, 2.24) is 0 Å². The molecule has 7 heavy (non-hydrogen) atoms. The quantitative estimate of drug-likeness (QED) is 0.340. The lowest BCUT2D eigenvalue weighted by Gasteiger charge is -1.83. The first-order valence-electron chi connectivity index (χ1n) is 1.81. The normalized spacial score (nSPS) is 9.43. The van der Waals surface area contributed by atoms with Crippen LogP contribution in [0.2, 0.25) is 0 Å². The van der Waals surface area contributed by atoms with Gasteiger partial charge in [0.15, 0.2) is 0 Å². The predicted octanol–water partition coefficient (Wildman–Crippen LogP) is -0.140. The number of carbonyl (C=O) groups excluding carboxylic acids is 1. The number of hydrogen-bond donors (Lipinski definition) is 0. The van der Waals surface area contributed by atoms with Crippen LogP contribution in [0.15, 0.2) is 4.99 Å². The van der Waals surface area contributed by atoms with Crippen molar-refractivity contribution in [2.75, 3.05) is 14.2 Å². The van der Waals surface area contributed by atoms with Crippen LogP contribution in [-0.4, -0.2) is 26.3 Å². The average Bonchev–Trinajstić information content (AvgIpc) is 1.68. The van der Waals surface area contributed by atoms with E-state index in [1.807, 2.05) is 0 Å². The smallest absolute Gasteiger partial charge is 0.348 e. The highest BCUT2D eigenvalue weighted by atomic mass is 16.5. The molecular formula is C4H7NO2. The van der Waals surface area contributed by atoms with Gasteiger partial charge in [-0.15, -0.1) is 0 Å². The van der Waals surface area contributed by atoms with Crippen molar-refractivity contribution < 1.29 is 9.53 Å². The minimum atomic E-state index is -0.414. The molecule has 0 aliphatic rings. The molecule has 0 saturated carbocycles. The van der Waals surface area contributed by atoms with Crippen molar-refractivity contribution in [2.45, 2.75) is 0 Å². The Balaban J connectivity index is 3.37. The van der Waals surface area contributed by atoms with Crippen LogP contribution in [0, 0.1) is 0 Å². The maximum atomic E-state index is 10.0. The molecule has 0 N–H and O–H groups in total. The number of esters is 1. The molecule has 0 bridgehead atoms. The largest absolute Gasteiger partial charge is 0.465 e. The van der Waals surface area contributed by atoms with E-state index in [4.69, 9.17) is 0 Å². The summed E-state index contributed by atoms with van der Waals surface area (Å²) in [4.78, 5) is 13.4. The Morgan fingerprint density at radius 3 is 2.57 bits per heavy atom. The summed E-state index contributed by atoms with van der Waals surface area (Å²) in [5, 5.41) is 0. The zero-order valence-corrected chi connectivity index (χ0v) is 4.34. The lowest BCUT2D eigenvalue weighted by atomic mass is 10.7. The number of methoxy groups -OCH3 is 1. The van der Waals surface area contributed by atoms with Gasteiger partial charge in [0.05, 0.1) is 7.11 Å². The van der Waals surface area contributed by atoms with Gasteiger partial charge >= 0.3 is 5.97 Å². The molecule has 0 aromatic rings. The Morgan fingerprint density at radius 2 is 2.43 bits per heavy atom. The fraction of sp³-hybridized carbons (Fsp3) is 0.500. The van der Waals surface area contributed by atoms with Crippen LogP contribution in [0.5, 0.6) is 0 Å². The summed E-state index contributed by atoms with van der Waals surface area (Å²) < 4.78 is 4.20. The number of aliphatic imine (C=N–C) groups is 1. The first-order valence-corrected chi connectivity index (χ1v) is 1.81. The zero-order valence-electron chi connectivity index (χ0n) is 4.34. The fourth-order valence-electron chi connectivity index (χ4n) is 0.158. The van der Waals surface area contributed by atoms with E-state index in [0.717, 1.165) is 6.21 Å². The molecule has 3 heteroatoms. The maximum absolute atomic E-state index is 10.0. The third kappa shape index (κ3) is 2.96. The Bertz CT molecular complexity index is 87.7. The van der Waals surface area contributed by atoms with Gasteiger partial charge in [0.25, 0.3) is 0 Å².